The lowest BCUT2D eigenvalue weighted by Gasteiger charge is -2.19. The summed E-state index contributed by atoms with van der Waals surface area (Å²) in [7, 11) is -3.93. The Labute approximate surface area is 160 Å². The predicted molar refractivity (Wildman–Crippen MR) is 103 cm³/mol. The number of nitrogens with one attached hydrogen (secondary N) is 1. The highest BCUT2D eigenvalue weighted by atomic mass is 32.2. The number of hydrogen-bond acceptors (Lipinski definition) is 5. The third-order valence-corrected chi connectivity index (χ3v) is 5.89. The van der Waals surface area contributed by atoms with Gasteiger partial charge in [-0.05, 0) is 62.9 Å². The van der Waals surface area contributed by atoms with E-state index in [-0.39, 0.29) is 23.7 Å². The molecule has 2 aromatic carbocycles. The van der Waals surface area contributed by atoms with E-state index in [4.69, 9.17) is 4.74 Å². The molecule has 0 bridgehead atoms. The van der Waals surface area contributed by atoms with Gasteiger partial charge in [0.1, 0.15) is 11.8 Å². The first kappa shape index (κ1) is 20.9. The Kier molecular flexibility index (Phi) is 6.62. The Morgan fingerprint density at radius 2 is 1.67 bits per heavy atom. The number of ether oxygens (including phenoxy) is 1. The first-order valence-corrected chi connectivity index (χ1v) is 10.2. The normalized spacial score (nSPS) is 12.6. The van der Waals surface area contributed by atoms with Gasteiger partial charge in [0.25, 0.3) is 0 Å². The summed E-state index contributed by atoms with van der Waals surface area (Å²) in [5.41, 5.74) is 2.90. The quantitative estimate of drug-likeness (QED) is 0.708. The summed E-state index contributed by atoms with van der Waals surface area (Å²) >= 11 is 0. The van der Waals surface area contributed by atoms with Crippen LogP contribution in [0.4, 0.5) is 0 Å². The molecule has 0 spiro atoms. The molecule has 2 aromatic rings. The van der Waals surface area contributed by atoms with Crippen molar-refractivity contribution in [2.75, 3.05) is 6.61 Å². The average molecular weight is 391 g/mol. The van der Waals surface area contributed by atoms with Crippen LogP contribution in [0.25, 0.3) is 0 Å². The molecule has 0 saturated heterocycles. The first-order valence-electron chi connectivity index (χ1n) is 8.68. The van der Waals surface area contributed by atoms with Gasteiger partial charge in [-0.15, -0.1) is 0 Å². The lowest BCUT2D eigenvalue weighted by molar-refractivity contribution is -0.145. The van der Waals surface area contributed by atoms with Gasteiger partial charge in [-0.2, -0.15) is 4.72 Å². The van der Waals surface area contributed by atoms with Crippen molar-refractivity contribution < 1.29 is 23.1 Å². The minimum atomic E-state index is -3.93. The van der Waals surface area contributed by atoms with Gasteiger partial charge in [0.2, 0.25) is 10.0 Å². The van der Waals surface area contributed by atoms with Gasteiger partial charge in [0, 0.05) is 0 Å². The zero-order chi connectivity index (χ0) is 20.2. The lowest BCUT2D eigenvalue weighted by atomic mass is 10.1. The number of carbonyl (C=O) groups excluding carboxylic acids is 1. The number of phenolic OH excluding ortho intramolecular Hbond substituents is 1. The van der Waals surface area contributed by atoms with Crippen molar-refractivity contribution >= 4 is 16.0 Å². The highest BCUT2D eigenvalue weighted by molar-refractivity contribution is 7.89. The molecule has 0 fully saturated rings. The van der Waals surface area contributed by atoms with Crippen LogP contribution < -0.4 is 4.72 Å². The Bertz CT molecular complexity index is 897. The predicted octanol–water partition coefficient (Wildman–Crippen LogP) is 2.77. The average Bonchev–Trinajstić information content (AvgIpc) is 2.55. The van der Waals surface area contributed by atoms with Crippen molar-refractivity contribution in [3.8, 4) is 5.75 Å². The Morgan fingerprint density at radius 3 is 2.19 bits per heavy atom. The minimum Gasteiger partial charge on any atom is -0.508 e. The summed E-state index contributed by atoms with van der Waals surface area (Å²) < 4.78 is 33.5. The van der Waals surface area contributed by atoms with Crippen molar-refractivity contribution in [2.24, 2.45) is 0 Å². The van der Waals surface area contributed by atoms with E-state index < -0.39 is 22.0 Å². The molecular weight excluding hydrogens is 366 g/mol. The molecule has 1 atom stereocenters. The second-order valence-corrected chi connectivity index (χ2v) is 8.18. The number of benzene rings is 2. The van der Waals surface area contributed by atoms with E-state index in [0.29, 0.717) is 16.7 Å². The third-order valence-electron chi connectivity index (χ3n) is 4.12. The Balaban J connectivity index is 2.36. The van der Waals surface area contributed by atoms with Gasteiger partial charge in [-0.3, -0.25) is 4.79 Å². The van der Waals surface area contributed by atoms with Crippen LogP contribution in [-0.2, 0) is 26.0 Å². The molecule has 0 unspecified atom stereocenters. The molecule has 0 aromatic heterocycles. The summed E-state index contributed by atoms with van der Waals surface area (Å²) in [5.74, 6) is -0.547. The first-order chi connectivity index (χ1) is 12.6. The second kappa shape index (κ2) is 8.54. The van der Waals surface area contributed by atoms with Crippen molar-refractivity contribution in [1.29, 1.82) is 0 Å². The summed E-state index contributed by atoms with van der Waals surface area (Å²) in [4.78, 5) is 12.5. The molecule has 2 N–H and O–H groups in total. The van der Waals surface area contributed by atoms with Crippen LogP contribution in [0.3, 0.4) is 0 Å². The SMILES string of the molecule is CCOC(=O)[C@H](Cc1ccc(O)cc1)NS(=O)(=O)c1c(C)cc(C)cc1C. The molecule has 0 saturated carbocycles. The number of rotatable bonds is 7. The lowest BCUT2D eigenvalue weighted by Crippen LogP contribution is -2.43. The maximum atomic E-state index is 13.0. The smallest absolute Gasteiger partial charge is 0.324 e. The number of carbonyl (C=O) groups is 1. The van der Waals surface area contributed by atoms with Gasteiger partial charge >= 0.3 is 5.97 Å². The zero-order valence-electron chi connectivity index (χ0n) is 15.9. The molecule has 6 nitrogen and oxygen atoms in total. The number of esters is 1. The molecule has 0 aliphatic carbocycles. The van der Waals surface area contributed by atoms with Crippen LogP contribution in [-0.4, -0.2) is 32.1 Å². The van der Waals surface area contributed by atoms with E-state index in [1.54, 1.807) is 45.0 Å². The number of phenols is 1. The van der Waals surface area contributed by atoms with E-state index in [1.165, 1.54) is 12.1 Å². The number of sulfonamides is 1. The van der Waals surface area contributed by atoms with E-state index >= 15 is 0 Å². The summed E-state index contributed by atoms with van der Waals surface area (Å²) in [6, 6.07) is 8.76. The van der Waals surface area contributed by atoms with Gasteiger partial charge in [-0.1, -0.05) is 29.8 Å². The van der Waals surface area contributed by atoms with Crippen molar-refractivity contribution in [3.63, 3.8) is 0 Å². The highest BCUT2D eigenvalue weighted by Crippen LogP contribution is 2.22. The molecule has 0 radical (unpaired) electrons. The fraction of sp³-hybridized carbons (Fsp3) is 0.350. The van der Waals surface area contributed by atoms with Crippen LogP contribution in [0.15, 0.2) is 41.3 Å². The van der Waals surface area contributed by atoms with E-state index in [2.05, 4.69) is 4.72 Å². The fourth-order valence-corrected chi connectivity index (χ4v) is 4.76. The maximum absolute atomic E-state index is 13.0. The molecule has 7 heteroatoms. The molecule has 27 heavy (non-hydrogen) atoms. The van der Waals surface area contributed by atoms with Gasteiger partial charge in [0.05, 0.1) is 11.5 Å². The topological polar surface area (TPSA) is 92.7 Å². The van der Waals surface area contributed by atoms with Crippen LogP contribution in [0.1, 0.15) is 29.2 Å². The maximum Gasteiger partial charge on any atom is 0.324 e. The summed E-state index contributed by atoms with van der Waals surface area (Å²) in [6.45, 7) is 7.17. The van der Waals surface area contributed by atoms with Gasteiger partial charge in [-0.25, -0.2) is 8.42 Å². The van der Waals surface area contributed by atoms with Crippen LogP contribution in [0.2, 0.25) is 0 Å². The van der Waals surface area contributed by atoms with Gasteiger partial charge < -0.3 is 9.84 Å². The second-order valence-electron chi connectivity index (χ2n) is 6.52. The largest absolute Gasteiger partial charge is 0.508 e. The van der Waals surface area contributed by atoms with Crippen molar-refractivity contribution in [2.45, 2.75) is 45.1 Å². The molecule has 0 amide bonds. The standard InChI is InChI=1S/C20H25NO5S/c1-5-26-20(23)18(12-16-6-8-17(22)9-7-16)21-27(24,25)19-14(3)10-13(2)11-15(19)4/h6-11,18,21-22H,5,12H2,1-4H3/t18-/m0/s1. The van der Waals surface area contributed by atoms with Gasteiger partial charge in [0.15, 0.2) is 0 Å². The number of hydrogen-bond donors (Lipinski definition) is 2. The van der Waals surface area contributed by atoms with E-state index in [1.807, 2.05) is 6.92 Å². The molecule has 0 heterocycles. The molecule has 2 rings (SSSR count). The highest BCUT2D eigenvalue weighted by Gasteiger charge is 2.29. The number of aryl methyl sites for hydroxylation is 3. The van der Waals surface area contributed by atoms with Crippen LogP contribution in [0, 0.1) is 20.8 Å². The molecular formula is C20H25NO5S. The Morgan fingerprint density at radius 1 is 1.11 bits per heavy atom. The molecule has 146 valence electrons. The minimum absolute atomic E-state index is 0.0953. The molecule has 0 aliphatic heterocycles. The zero-order valence-corrected chi connectivity index (χ0v) is 16.8. The van der Waals surface area contributed by atoms with Crippen molar-refractivity contribution in [3.05, 3.63) is 58.7 Å². The van der Waals surface area contributed by atoms with E-state index in [9.17, 15) is 18.3 Å². The van der Waals surface area contributed by atoms with Crippen LogP contribution >= 0.6 is 0 Å². The number of aromatic hydroxyl groups is 1. The fourth-order valence-electron chi connectivity index (χ4n) is 3.12. The summed E-state index contributed by atoms with van der Waals surface area (Å²) in [5, 5.41) is 9.40. The van der Waals surface area contributed by atoms with E-state index in [0.717, 1.165) is 5.56 Å². The molecule has 0 aliphatic rings. The Hall–Kier alpha value is -2.38. The van der Waals surface area contributed by atoms with Crippen molar-refractivity contribution in [1.82, 2.24) is 4.72 Å². The third kappa shape index (κ3) is 5.30. The monoisotopic (exact) mass is 391 g/mol. The summed E-state index contributed by atoms with van der Waals surface area (Å²) in [6.07, 6.45) is 0.113. The van der Waals surface area contributed by atoms with Crippen LogP contribution in [0.5, 0.6) is 5.75 Å².